The van der Waals surface area contributed by atoms with Crippen molar-refractivity contribution in [3.8, 4) is 0 Å². The van der Waals surface area contributed by atoms with Crippen molar-refractivity contribution in [2.24, 2.45) is 0 Å². The highest BCUT2D eigenvalue weighted by atomic mass is 79.9. The van der Waals surface area contributed by atoms with E-state index in [9.17, 15) is 13.2 Å². The van der Waals surface area contributed by atoms with Crippen molar-refractivity contribution in [2.75, 3.05) is 0 Å². The minimum absolute atomic E-state index is 0.0643. The van der Waals surface area contributed by atoms with Crippen LogP contribution in [0.25, 0.3) is 0 Å². The highest BCUT2D eigenvalue weighted by Crippen LogP contribution is 2.23. The number of hydrogen-bond donors (Lipinski definition) is 1. The molecule has 0 fully saturated rings. The summed E-state index contributed by atoms with van der Waals surface area (Å²) in [7, 11) is -3.63. The molecule has 1 aromatic heterocycles. The van der Waals surface area contributed by atoms with Crippen molar-refractivity contribution in [1.29, 1.82) is 0 Å². The fourth-order valence-corrected chi connectivity index (χ4v) is 5.24. The SMILES string of the molecule is O=C(c1ccccc1)c1ccc(CNS(=O)(=O)c2ccccc2Br)s1. The quantitative estimate of drug-likeness (QED) is 0.589. The second-order valence-corrected chi connectivity index (χ2v) is 8.97. The Bertz CT molecular complexity index is 998. The molecule has 3 aromatic rings. The van der Waals surface area contributed by atoms with Crippen LogP contribution in [0.2, 0.25) is 0 Å². The molecule has 25 heavy (non-hydrogen) atoms. The van der Waals surface area contributed by atoms with Gasteiger partial charge in [0.1, 0.15) is 0 Å². The Hall–Kier alpha value is -1.80. The molecule has 0 aliphatic carbocycles. The molecule has 0 radical (unpaired) electrons. The van der Waals surface area contributed by atoms with Gasteiger partial charge in [-0.25, -0.2) is 13.1 Å². The molecule has 0 atom stereocenters. The fraction of sp³-hybridized carbons (Fsp3) is 0.0556. The first kappa shape index (κ1) is 18.0. The van der Waals surface area contributed by atoms with Crippen LogP contribution in [0.1, 0.15) is 20.1 Å². The van der Waals surface area contributed by atoms with E-state index in [1.165, 1.54) is 17.4 Å². The summed E-state index contributed by atoms with van der Waals surface area (Å²) in [5.41, 5.74) is 0.615. The average molecular weight is 436 g/mol. The molecule has 0 saturated carbocycles. The Morgan fingerprint density at radius 3 is 2.36 bits per heavy atom. The maximum absolute atomic E-state index is 12.4. The number of halogens is 1. The topological polar surface area (TPSA) is 63.2 Å². The fourth-order valence-electron chi connectivity index (χ4n) is 2.23. The molecule has 2 aromatic carbocycles. The zero-order valence-electron chi connectivity index (χ0n) is 13.0. The zero-order valence-corrected chi connectivity index (χ0v) is 16.2. The lowest BCUT2D eigenvalue weighted by Gasteiger charge is -2.07. The van der Waals surface area contributed by atoms with Crippen LogP contribution in [0.5, 0.6) is 0 Å². The molecule has 0 aliphatic heterocycles. The predicted octanol–water partition coefficient (Wildman–Crippen LogP) is 4.22. The highest BCUT2D eigenvalue weighted by Gasteiger charge is 2.18. The third kappa shape index (κ3) is 4.24. The van der Waals surface area contributed by atoms with Crippen molar-refractivity contribution >= 4 is 43.1 Å². The number of carbonyl (C=O) groups excluding carboxylic acids is 1. The summed E-state index contributed by atoms with van der Waals surface area (Å²) in [5.74, 6) is -0.0643. The summed E-state index contributed by atoms with van der Waals surface area (Å²) in [5, 5.41) is 0. The van der Waals surface area contributed by atoms with Gasteiger partial charge in [-0.1, -0.05) is 42.5 Å². The monoisotopic (exact) mass is 435 g/mol. The maximum Gasteiger partial charge on any atom is 0.242 e. The first-order valence-corrected chi connectivity index (χ1v) is 10.5. The van der Waals surface area contributed by atoms with Crippen LogP contribution in [0.3, 0.4) is 0 Å². The number of sulfonamides is 1. The number of ketones is 1. The van der Waals surface area contributed by atoms with Crippen molar-refractivity contribution in [3.63, 3.8) is 0 Å². The largest absolute Gasteiger partial charge is 0.288 e. The number of rotatable bonds is 6. The highest BCUT2D eigenvalue weighted by molar-refractivity contribution is 9.10. The van der Waals surface area contributed by atoms with Crippen LogP contribution in [0.4, 0.5) is 0 Å². The van der Waals surface area contributed by atoms with Crippen LogP contribution >= 0.6 is 27.3 Å². The van der Waals surface area contributed by atoms with Gasteiger partial charge >= 0.3 is 0 Å². The number of hydrogen-bond acceptors (Lipinski definition) is 4. The smallest absolute Gasteiger partial charge is 0.242 e. The Labute approximate surface area is 158 Å². The van der Waals surface area contributed by atoms with Gasteiger partial charge in [-0.05, 0) is 40.2 Å². The molecular weight excluding hydrogens is 422 g/mol. The average Bonchev–Trinajstić information content (AvgIpc) is 3.09. The molecule has 1 N–H and O–H groups in total. The molecule has 0 aliphatic rings. The minimum Gasteiger partial charge on any atom is -0.288 e. The molecule has 7 heteroatoms. The molecule has 0 spiro atoms. The van der Waals surface area contributed by atoms with Crippen molar-refractivity contribution in [2.45, 2.75) is 11.4 Å². The van der Waals surface area contributed by atoms with Crippen LogP contribution in [0.15, 0.2) is 76.1 Å². The van der Waals surface area contributed by atoms with Gasteiger partial charge in [0.05, 0.1) is 9.77 Å². The van der Waals surface area contributed by atoms with Gasteiger partial charge in [0.15, 0.2) is 0 Å². The zero-order chi connectivity index (χ0) is 17.9. The summed E-state index contributed by atoms with van der Waals surface area (Å²) < 4.78 is 27.8. The van der Waals surface area contributed by atoms with E-state index in [0.717, 1.165) is 4.88 Å². The molecule has 0 bridgehead atoms. The van der Waals surface area contributed by atoms with E-state index < -0.39 is 10.0 Å². The maximum atomic E-state index is 12.4. The Morgan fingerprint density at radius 1 is 0.960 bits per heavy atom. The molecular formula is C18H14BrNO3S2. The predicted molar refractivity (Wildman–Crippen MR) is 102 cm³/mol. The third-order valence-corrected chi connectivity index (χ3v) is 6.98. The van der Waals surface area contributed by atoms with Crippen LogP contribution in [0, 0.1) is 0 Å². The van der Waals surface area contributed by atoms with Gasteiger partial charge in [-0.3, -0.25) is 4.79 Å². The standard InChI is InChI=1S/C18H14BrNO3S2/c19-15-8-4-5-9-17(15)25(22,23)20-12-14-10-11-16(24-14)18(21)13-6-2-1-3-7-13/h1-11,20H,12H2. The van der Waals surface area contributed by atoms with Gasteiger partial charge in [0, 0.05) is 21.5 Å². The Kier molecular flexibility index (Phi) is 5.48. The Balaban J connectivity index is 1.72. The second kappa shape index (κ2) is 7.61. The van der Waals surface area contributed by atoms with Crippen LogP contribution < -0.4 is 4.72 Å². The van der Waals surface area contributed by atoms with Gasteiger partial charge in [0.25, 0.3) is 0 Å². The van der Waals surface area contributed by atoms with E-state index in [4.69, 9.17) is 0 Å². The Morgan fingerprint density at radius 2 is 1.64 bits per heavy atom. The molecule has 4 nitrogen and oxygen atoms in total. The van der Waals surface area contributed by atoms with E-state index in [1.807, 2.05) is 18.2 Å². The van der Waals surface area contributed by atoms with E-state index in [1.54, 1.807) is 42.5 Å². The molecule has 1 heterocycles. The number of carbonyl (C=O) groups is 1. The third-order valence-electron chi connectivity index (χ3n) is 3.48. The van der Waals surface area contributed by atoms with Gasteiger partial charge in [0.2, 0.25) is 15.8 Å². The van der Waals surface area contributed by atoms with Crippen molar-refractivity contribution in [3.05, 3.63) is 86.5 Å². The van der Waals surface area contributed by atoms with Gasteiger partial charge < -0.3 is 0 Å². The lowest BCUT2D eigenvalue weighted by molar-refractivity contribution is 0.104. The normalized spacial score (nSPS) is 11.4. The first-order valence-electron chi connectivity index (χ1n) is 7.40. The number of benzene rings is 2. The lowest BCUT2D eigenvalue weighted by atomic mass is 10.1. The lowest BCUT2D eigenvalue weighted by Crippen LogP contribution is -2.23. The molecule has 0 unspecified atom stereocenters. The van der Waals surface area contributed by atoms with E-state index in [2.05, 4.69) is 20.7 Å². The van der Waals surface area contributed by atoms with E-state index in [0.29, 0.717) is 14.9 Å². The van der Waals surface area contributed by atoms with Gasteiger partial charge in [-0.15, -0.1) is 11.3 Å². The van der Waals surface area contributed by atoms with Crippen LogP contribution in [-0.4, -0.2) is 14.2 Å². The van der Waals surface area contributed by atoms with E-state index >= 15 is 0 Å². The number of nitrogens with one attached hydrogen (secondary N) is 1. The summed E-state index contributed by atoms with van der Waals surface area (Å²) in [6, 6.07) is 19.1. The molecule has 3 rings (SSSR count). The summed E-state index contributed by atoms with van der Waals surface area (Å²) in [6.07, 6.45) is 0. The van der Waals surface area contributed by atoms with Gasteiger partial charge in [-0.2, -0.15) is 0 Å². The van der Waals surface area contributed by atoms with E-state index in [-0.39, 0.29) is 17.2 Å². The number of thiophene rings is 1. The van der Waals surface area contributed by atoms with Crippen molar-refractivity contribution in [1.82, 2.24) is 4.72 Å². The summed E-state index contributed by atoms with van der Waals surface area (Å²) in [6.45, 7) is 0.135. The minimum atomic E-state index is -3.63. The first-order chi connectivity index (χ1) is 12.0. The summed E-state index contributed by atoms with van der Waals surface area (Å²) >= 11 is 4.53. The molecule has 0 saturated heterocycles. The van der Waals surface area contributed by atoms with Crippen LogP contribution in [-0.2, 0) is 16.6 Å². The summed E-state index contributed by atoms with van der Waals surface area (Å²) in [4.78, 5) is 13.9. The second-order valence-electron chi connectivity index (χ2n) is 5.22. The molecule has 128 valence electrons. The molecule has 0 amide bonds. The van der Waals surface area contributed by atoms with Crippen molar-refractivity contribution < 1.29 is 13.2 Å².